The van der Waals surface area contributed by atoms with Gasteiger partial charge in [-0.25, -0.2) is 0 Å². The number of furan rings is 1. The van der Waals surface area contributed by atoms with Crippen LogP contribution in [0.3, 0.4) is 0 Å². The summed E-state index contributed by atoms with van der Waals surface area (Å²) in [4.78, 5) is 12.6. The number of nitrogens with zero attached hydrogens (tertiary/aromatic N) is 3. The van der Waals surface area contributed by atoms with Crippen LogP contribution in [0.1, 0.15) is 58.4 Å². The maximum atomic E-state index is 7.58. The third-order valence-electron chi connectivity index (χ3n) is 14.8. The van der Waals surface area contributed by atoms with Crippen LogP contribution in [0.4, 0.5) is 17.1 Å². The maximum absolute atomic E-state index is 7.58. The molecule has 1 spiro atoms. The van der Waals surface area contributed by atoms with Gasteiger partial charge < -0.3 is 9.32 Å². The average molecular weight is 798 g/mol. The number of rotatable bonds is 1. The number of thiophene rings is 1. The molecule has 3 aliphatic carbocycles. The molecule has 5 heteroatoms. The summed E-state index contributed by atoms with van der Waals surface area (Å²) in [5.41, 5.74) is 19.1. The molecule has 15 rings (SSSR count). The highest BCUT2D eigenvalue weighted by atomic mass is 32.1. The molecule has 0 unspecified atom stereocenters. The number of pyridine rings is 2. The van der Waals surface area contributed by atoms with Crippen molar-refractivity contribution in [2.24, 2.45) is 0 Å². The van der Waals surface area contributed by atoms with Gasteiger partial charge in [0.1, 0.15) is 5.58 Å². The summed E-state index contributed by atoms with van der Waals surface area (Å²) in [6.07, 6.45) is 5.94. The third kappa shape index (κ3) is 3.76. The van der Waals surface area contributed by atoms with Crippen molar-refractivity contribution in [3.8, 4) is 22.5 Å². The van der Waals surface area contributed by atoms with E-state index in [1.54, 1.807) is 0 Å². The van der Waals surface area contributed by atoms with Crippen LogP contribution in [-0.2, 0) is 23.7 Å². The topological polar surface area (TPSA) is 42.2 Å². The number of para-hydroxylation sites is 2. The van der Waals surface area contributed by atoms with Gasteiger partial charge in [-0.1, -0.05) is 111 Å². The van der Waals surface area contributed by atoms with Crippen molar-refractivity contribution < 1.29 is 4.42 Å². The van der Waals surface area contributed by atoms with Gasteiger partial charge in [0, 0.05) is 54.3 Å². The average Bonchev–Trinajstić information content (AvgIpc) is 4.07. The van der Waals surface area contributed by atoms with E-state index in [0.717, 1.165) is 51.9 Å². The number of aryl methyl sites for hydroxylation is 2. The van der Waals surface area contributed by atoms with Gasteiger partial charge in [0.05, 0.1) is 33.9 Å². The fraction of sp³-hybridized carbons (Fsp3) is 0.107. The molecule has 0 saturated carbocycles. The van der Waals surface area contributed by atoms with E-state index in [1.807, 2.05) is 23.7 Å². The van der Waals surface area contributed by atoms with Gasteiger partial charge in [0.2, 0.25) is 0 Å². The number of aromatic nitrogens is 2. The smallest absolute Gasteiger partial charge is 0.159 e. The van der Waals surface area contributed by atoms with Crippen molar-refractivity contribution in [3.63, 3.8) is 0 Å². The van der Waals surface area contributed by atoms with E-state index in [1.165, 1.54) is 98.0 Å². The third-order valence-corrected chi connectivity index (χ3v) is 16.0. The first-order valence-electron chi connectivity index (χ1n) is 21.4. The lowest BCUT2D eigenvalue weighted by Gasteiger charge is -2.42. The molecule has 4 aromatic heterocycles. The van der Waals surface area contributed by atoms with Gasteiger partial charge in [-0.05, 0) is 116 Å². The lowest BCUT2D eigenvalue weighted by Crippen LogP contribution is -2.32. The fourth-order valence-corrected chi connectivity index (χ4v) is 13.4. The minimum atomic E-state index is -0.614. The Labute approximate surface area is 355 Å². The fourth-order valence-electron chi connectivity index (χ4n) is 12.3. The number of benzene rings is 7. The Balaban J connectivity index is 1.07. The molecule has 4 nitrogen and oxygen atoms in total. The van der Waals surface area contributed by atoms with Crippen LogP contribution >= 0.6 is 11.3 Å². The molecule has 4 aliphatic rings. The van der Waals surface area contributed by atoms with Crippen molar-refractivity contribution >= 4 is 81.3 Å². The van der Waals surface area contributed by atoms with Gasteiger partial charge in [0.15, 0.2) is 5.58 Å². The number of hydrogen-bond donors (Lipinski definition) is 0. The van der Waals surface area contributed by atoms with E-state index in [2.05, 4.69) is 158 Å². The molecule has 1 aliphatic heterocycles. The Morgan fingerprint density at radius 1 is 0.508 bits per heavy atom. The first-order chi connectivity index (χ1) is 30.0. The van der Waals surface area contributed by atoms with Gasteiger partial charge >= 0.3 is 0 Å². The summed E-state index contributed by atoms with van der Waals surface area (Å²) in [5, 5.41) is 7.63. The Hall–Kier alpha value is -7.08. The number of hydrogen-bond acceptors (Lipinski definition) is 5. The molecule has 0 atom stereocenters. The molecular weight excluding hydrogens is 763 g/mol. The second-order valence-corrected chi connectivity index (χ2v) is 19.0. The molecule has 0 N–H and O–H groups in total. The quantitative estimate of drug-likeness (QED) is 0.166. The van der Waals surface area contributed by atoms with E-state index >= 15 is 0 Å². The molecule has 5 heterocycles. The van der Waals surface area contributed by atoms with E-state index in [0.29, 0.717) is 0 Å². The monoisotopic (exact) mass is 797 g/mol. The molecule has 286 valence electrons. The van der Waals surface area contributed by atoms with E-state index < -0.39 is 5.41 Å². The molecule has 0 bridgehead atoms. The zero-order chi connectivity index (χ0) is 39.9. The lowest BCUT2D eigenvalue weighted by atomic mass is 9.61. The lowest BCUT2D eigenvalue weighted by molar-refractivity contribution is 0.631. The predicted molar refractivity (Wildman–Crippen MR) is 250 cm³/mol. The summed E-state index contributed by atoms with van der Waals surface area (Å²) in [6.45, 7) is 4.76. The Morgan fingerprint density at radius 3 is 2.03 bits per heavy atom. The van der Waals surface area contributed by atoms with Crippen LogP contribution in [0.2, 0.25) is 0 Å². The summed E-state index contributed by atoms with van der Waals surface area (Å²) in [5.74, 6) is 0. The van der Waals surface area contributed by atoms with Gasteiger partial charge in [0.25, 0.3) is 0 Å². The molecule has 0 fully saturated rings. The second-order valence-electron chi connectivity index (χ2n) is 17.9. The van der Waals surface area contributed by atoms with E-state index in [-0.39, 0.29) is 5.41 Å². The van der Waals surface area contributed by atoms with E-state index in [9.17, 15) is 0 Å². The number of anilines is 3. The van der Waals surface area contributed by atoms with Crippen LogP contribution in [0, 0.1) is 0 Å². The normalized spacial score (nSPS) is 15.8. The zero-order valence-electron chi connectivity index (χ0n) is 33.5. The standard InChI is InChI=1S/C56H35N3OS/c1-55(2)37-12-4-5-15-43(37)59(45-29-47-36(28-42(45)55)32-10-3-6-17-46(32)61-47)44-16-7-11-33-34-23-25-39-50(54(34)60-53(33)44)35-22-20-30-18-19-31-21-24-38(49(35)48(30)31)56(39)40-13-8-26-57-51(40)52-41(56)14-9-27-58-52/h3-17,20-29H,18-19H2,1-2H3. The molecule has 0 radical (unpaired) electrons. The molecule has 11 aromatic rings. The molecule has 0 saturated heterocycles. The van der Waals surface area contributed by atoms with Gasteiger partial charge in [-0.15, -0.1) is 11.3 Å². The second kappa shape index (κ2) is 11.0. The van der Waals surface area contributed by atoms with Gasteiger partial charge in [-0.2, -0.15) is 0 Å². The van der Waals surface area contributed by atoms with Crippen LogP contribution < -0.4 is 4.90 Å². The van der Waals surface area contributed by atoms with Crippen molar-refractivity contribution in [2.45, 2.75) is 37.5 Å². The highest BCUT2D eigenvalue weighted by molar-refractivity contribution is 7.25. The largest absolute Gasteiger partial charge is 0.453 e. The van der Waals surface area contributed by atoms with Crippen molar-refractivity contribution in [2.75, 3.05) is 4.90 Å². The van der Waals surface area contributed by atoms with Crippen molar-refractivity contribution in [3.05, 3.63) is 196 Å². The van der Waals surface area contributed by atoms with Crippen LogP contribution in [0.15, 0.2) is 156 Å². The zero-order valence-corrected chi connectivity index (χ0v) is 34.3. The summed E-state index contributed by atoms with van der Waals surface area (Å²) >= 11 is 1.87. The minimum Gasteiger partial charge on any atom is -0.453 e. The molecule has 7 aromatic carbocycles. The molecular formula is C56H35N3OS. The first kappa shape index (κ1) is 32.7. The highest BCUT2D eigenvalue weighted by Crippen LogP contribution is 2.64. The SMILES string of the molecule is CC1(C)c2ccccc2N(c2cccc3c2oc2c4c(ccc23)C2(c3cccnc3-c3ncccc32)c2ccc3c5c(ccc-4c25)CC3)c2cc3sc4ccccc4c3cc21. The molecule has 0 amide bonds. The summed E-state index contributed by atoms with van der Waals surface area (Å²) in [6, 6.07) is 52.4. The van der Waals surface area contributed by atoms with Crippen LogP contribution in [0.5, 0.6) is 0 Å². The number of fused-ring (bicyclic) bond motifs is 18. The Bertz CT molecular complexity index is 3770. The Kier molecular flexibility index (Phi) is 5.90. The van der Waals surface area contributed by atoms with Gasteiger partial charge in [-0.3, -0.25) is 9.97 Å². The van der Waals surface area contributed by atoms with E-state index in [4.69, 9.17) is 14.4 Å². The maximum Gasteiger partial charge on any atom is 0.159 e. The summed E-state index contributed by atoms with van der Waals surface area (Å²) < 4.78 is 10.2. The van der Waals surface area contributed by atoms with Crippen molar-refractivity contribution in [1.82, 2.24) is 9.97 Å². The first-order valence-corrected chi connectivity index (χ1v) is 22.2. The van der Waals surface area contributed by atoms with Crippen LogP contribution in [0.25, 0.3) is 75.4 Å². The highest BCUT2D eigenvalue weighted by Gasteiger charge is 2.52. The minimum absolute atomic E-state index is 0.222. The molecule has 61 heavy (non-hydrogen) atoms. The van der Waals surface area contributed by atoms with Crippen LogP contribution in [-0.4, -0.2) is 9.97 Å². The van der Waals surface area contributed by atoms with Crippen molar-refractivity contribution in [1.29, 1.82) is 0 Å². The Morgan fingerprint density at radius 2 is 1.20 bits per heavy atom. The summed E-state index contributed by atoms with van der Waals surface area (Å²) in [7, 11) is 0. The predicted octanol–water partition coefficient (Wildman–Crippen LogP) is 14.4.